The van der Waals surface area contributed by atoms with Crippen LogP contribution in [-0.4, -0.2) is 36.5 Å². The molecule has 2 aromatic carbocycles. The fraction of sp³-hybridized carbons (Fsp3) is 0.316. The summed E-state index contributed by atoms with van der Waals surface area (Å²) in [6, 6.07) is 17.8. The number of nitrogens with one attached hydrogen (secondary N) is 1. The van der Waals surface area contributed by atoms with E-state index in [4.69, 9.17) is 4.74 Å². The van der Waals surface area contributed by atoms with Gasteiger partial charge in [-0.3, -0.25) is 4.79 Å². The molecule has 1 heterocycles. The summed E-state index contributed by atoms with van der Waals surface area (Å²) >= 11 is 0. The molecule has 1 N–H and O–H groups in total. The third kappa shape index (κ3) is 4.73. The minimum atomic E-state index is 0. The topological polar surface area (TPSA) is 41.6 Å². The van der Waals surface area contributed by atoms with E-state index < -0.39 is 0 Å². The maximum Gasteiger partial charge on any atom is 0.254 e. The van der Waals surface area contributed by atoms with E-state index in [1.165, 1.54) is 0 Å². The van der Waals surface area contributed by atoms with Gasteiger partial charge in [0.15, 0.2) is 0 Å². The van der Waals surface area contributed by atoms with Gasteiger partial charge in [0.2, 0.25) is 0 Å². The van der Waals surface area contributed by atoms with Crippen molar-refractivity contribution < 1.29 is 9.53 Å². The Morgan fingerprint density at radius 1 is 1.21 bits per heavy atom. The standard InChI is InChI=1S/C19H22N2O2.ClH/c1-15-13-21(11-10-20-15)19(22)17-8-5-9-18(12-17)23-14-16-6-3-2-4-7-16;/h2-9,12,15,20H,10-11,13-14H2,1H3;1H/t15-;/m1./s1. The van der Waals surface area contributed by atoms with Gasteiger partial charge in [-0.15, -0.1) is 12.4 Å². The second-order valence-corrected chi connectivity index (χ2v) is 5.91. The van der Waals surface area contributed by atoms with Gasteiger partial charge in [0.1, 0.15) is 12.4 Å². The molecule has 0 aromatic heterocycles. The van der Waals surface area contributed by atoms with Crippen LogP contribution in [0.3, 0.4) is 0 Å². The Morgan fingerprint density at radius 3 is 2.75 bits per heavy atom. The second-order valence-electron chi connectivity index (χ2n) is 5.91. The highest BCUT2D eigenvalue weighted by atomic mass is 35.5. The van der Waals surface area contributed by atoms with Gasteiger partial charge >= 0.3 is 0 Å². The predicted molar refractivity (Wildman–Crippen MR) is 97.8 cm³/mol. The maximum atomic E-state index is 12.6. The van der Waals surface area contributed by atoms with Gasteiger partial charge in [-0.2, -0.15) is 0 Å². The van der Waals surface area contributed by atoms with Crippen LogP contribution in [0.2, 0.25) is 0 Å². The predicted octanol–water partition coefficient (Wildman–Crippen LogP) is 3.12. The van der Waals surface area contributed by atoms with Gasteiger partial charge in [-0.1, -0.05) is 36.4 Å². The van der Waals surface area contributed by atoms with Gasteiger partial charge < -0.3 is 15.0 Å². The first-order chi connectivity index (χ1) is 11.2. The van der Waals surface area contributed by atoms with Crippen LogP contribution < -0.4 is 10.1 Å². The molecule has 128 valence electrons. The molecule has 1 aliphatic heterocycles. The molecule has 0 aliphatic carbocycles. The minimum absolute atomic E-state index is 0. The summed E-state index contributed by atoms with van der Waals surface area (Å²) in [6.07, 6.45) is 0. The van der Waals surface area contributed by atoms with Crippen molar-refractivity contribution >= 4 is 18.3 Å². The van der Waals surface area contributed by atoms with E-state index in [9.17, 15) is 4.79 Å². The number of benzene rings is 2. The summed E-state index contributed by atoms with van der Waals surface area (Å²) in [5, 5.41) is 3.35. The Bertz CT molecular complexity index is 663. The number of amides is 1. The van der Waals surface area contributed by atoms with Crippen molar-refractivity contribution in [1.29, 1.82) is 0 Å². The van der Waals surface area contributed by atoms with Gasteiger partial charge in [-0.05, 0) is 30.7 Å². The molecule has 2 aromatic rings. The van der Waals surface area contributed by atoms with Gasteiger partial charge in [-0.25, -0.2) is 0 Å². The van der Waals surface area contributed by atoms with Crippen molar-refractivity contribution in [3.8, 4) is 5.75 Å². The number of halogens is 1. The number of ether oxygens (including phenoxy) is 1. The fourth-order valence-electron chi connectivity index (χ4n) is 2.76. The van der Waals surface area contributed by atoms with Gasteiger partial charge in [0.05, 0.1) is 0 Å². The molecule has 4 nitrogen and oxygen atoms in total. The Hall–Kier alpha value is -2.04. The first-order valence-corrected chi connectivity index (χ1v) is 8.02. The van der Waals surface area contributed by atoms with Gasteiger partial charge in [0.25, 0.3) is 5.91 Å². The summed E-state index contributed by atoms with van der Waals surface area (Å²) in [4.78, 5) is 14.5. The lowest BCUT2D eigenvalue weighted by molar-refractivity contribution is 0.0708. The highest BCUT2D eigenvalue weighted by molar-refractivity contribution is 5.94. The molecule has 0 radical (unpaired) electrons. The summed E-state index contributed by atoms with van der Waals surface area (Å²) in [5.41, 5.74) is 1.80. The SMILES string of the molecule is C[C@@H]1CN(C(=O)c2cccc(OCc3ccccc3)c2)CCN1.Cl. The number of carbonyl (C=O) groups excluding carboxylic acids is 1. The van der Waals surface area contributed by atoms with Crippen molar-refractivity contribution in [3.63, 3.8) is 0 Å². The van der Waals surface area contributed by atoms with Crippen molar-refractivity contribution in [2.24, 2.45) is 0 Å². The number of piperazine rings is 1. The minimum Gasteiger partial charge on any atom is -0.489 e. The Labute approximate surface area is 149 Å². The molecule has 1 fully saturated rings. The zero-order valence-electron chi connectivity index (χ0n) is 13.8. The molecular formula is C19H23ClN2O2. The summed E-state index contributed by atoms with van der Waals surface area (Å²) < 4.78 is 5.81. The fourth-order valence-corrected chi connectivity index (χ4v) is 2.76. The van der Waals surface area contributed by atoms with E-state index >= 15 is 0 Å². The Kier molecular flexibility index (Phi) is 6.64. The molecule has 1 amide bonds. The molecule has 1 atom stereocenters. The normalized spacial score (nSPS) is 17.0. The molecule has 0 unspecified atom stereocenters. The van der Waals surface area contributed by atoms with Crippen LogP contribution in [0.1, 0.15) is 22.8 Å². The van der Waals surface area contributed by atoms with Crippen LogP contribution >= 0.6 is 12.4 Å². The van der Waals surface area contributed by atoms with Crippen LogP contribution in [0.4, 0.5) is 0 Å². The Morgan fingerprint density at radius 2 is 2.00 bits per heavy atom. The molecule has 24 heavy (non-hydrogen) atoms. The number of hydrogen-bond acceptors (Lipinski definition) is 3. The largest absolute Gasteiger partial charge is 0.489 e. The smallest absolute Gasteiger partial charge is 0.254 e. The lowest BCUT2D eigenvalue weighted by Gasteiger charge is -2.32. The maximum absolute atomic E-state index is 12.6. The quantitative estimate of drug-likeness (QED) is 0.924. The molecule has 5 heteroatoms. The number of carbonyl (C=O) groups is 1. The van der Waals surface area contributed by atoms with E-state index in [-0.39, 0.29) is 18.3 Å². The summed E-state index contributed by atoms with van der Waals surface area (Å²) in [7, 11) is 0. The van der Waals surface area contributed by atoms with Crippen LogP contribution in [0.25, 0.3) is 0 Å². The number of hydrogen-bond donors (Lipinski definition) is 1. The third-order valence-electron chi connectivity index (χ3n) is 3.99. The van der Waals surface area contributed by atoms with Crippen LogP contribution in [0, 0.1) is 0 Å². The highest BCUT2D eigenvalue weighted by Crippen LogP contribution is 2.17. The highest BCUT2D eigenvalue weighted by Gasteiger charge is 2.21. The molecular weight excluding hydrogens is 324 g/mol. The van der Waals surface area contributed by atoms with Crippen LogP contribution in [0.15, 0.2) is 54.6 Å². The van der Waals surface area contributed by atoms with Crippen molar-refractivity contribution in [1.82, 2.24) is 10.2 Å². The third-order valence-corrected chi connectivity index (χ3v) is 3.99. The zero-order valence-corrected chi connectivity index (χ0v) is 14.6. The van der Waals surface area contributed by atoms with Crippen molar-refractivity contribution in [3.05, 3.63) is 65.7 Å². The first kappa shape index (κ1) is 18.3. The van der Waals surface area contributed by atoms with E-state index in [1.54, 1.807) is 0 Å². The van der Waals surface area contributed by atoms with Crippen molar-refractivity contribution in [2.75, 3.05) is 19.6 Å². The number of nitrogens with zero attached hydrogens (tertiary/aromatic N) is 1. The average molecular weight is 347 g/mol. The Balaban J connectivity index is 0.00000208. The second kappa shape index (κ2) is 8.71. The molecule has 1 aliphatic rings. The van der Waals surface area contributed by atoms with E-state index in [1.807, 2.05) is 59.5 Å². The summed E-state index contributed by atoms with van der Waals surface area (Å²) in [5.74, 6) is 0.798. The number of rotatable bonds is 4. The first-order valence-electron chi connectivity index (χ1n) is 8.02. The lowest BCUT2D eigenvalue weighted by Crippen LogP contribution is -2.51. The van der Waals surface area contributed by atoms with E-state index in [2.05, 4.69) is 12.2 Å². The summed E-state index contributed by atoms with van der Waals surface area (Å²) in [6.45, 7) is 4.94. The molecule has 0 saturated carbocycles. The van der Waals surface area contributed by atoms with Crippen molar-refractivity contribution in [2.45, 2.75) is 19.6 Å². The molecule has 0 spiro atoms. The molecule has 3 rings (SSSR count). The van der Waals surface area contributed by atoms with Crippen LogP contribution in [0.5, 0.6) is 5.75 Å². The van der Waals surface area contributed by atoms with E-state index in [0.29, 0.717) is 18.2 Å². The molecule has 0 bridgehead atoms. The molecule has 1 saturated heterocycles. The van der Waals surface area contributed by atoms with Gasteiger partial charge in [0, 0.05) is 31.2 Å². The van der Waals surface area contributed by atoms with Crippen LogP contribution in [-0.2, 0) is 6.61 Å². The monoisotopic (exact) mass is 346 g/mol. The zero-order chi connectivity index (χ0) is 16.1. The lowest BCUT2D eigenvalue weighted by atomic mass is 10.1. The van der Waals surface area contributed by atoms with E-state index in [0.717, 1.165) is 30.9 Å². The average Bonchev–Trinajstić information content (AvgIpc) is 2.60.